The number of nitrogens with one attached hydrogen (secondary N) is 1. The van der Waals surface area contributed by atoms with Crippen molar-refractivity contribution in [1.29, 1.82) is 5.26 Å². The van der Waals surface area contributed by atoms with Gasteiger partial charge in [-0.25, -0.2) is 8.42 Å². The molecule has 8 nitrogen and oxygen atoms in total. The van der Waals surface area contributed by atoms with Gasteiger partial charge in [-0.3, -0.25) is 9.59 Å². The summed E-state index contributed by atoms with van der Waals surface area (Å²) in [4.78, 5) is 24.5. The molecule has 1 N–H and O–H groups in total. The zero-order chi connectivity index (χ0) is 21.7. The van der Waals surface area contributed by atoms with Crippen molar-refractivity contribution in [3.63, 3.8) is 0 Å². The highest BCUT2D eigenvalue weighted by atomic mass is 35.5. The zero-order valence-electron chi connectivity index (χ0n) is 15.7. The smallest absolute Gasteiger partial charge is 0.324 e. The van der Waals surface area contributed by atoms with Crippen LogP contribution in [0.5, 0.6) is 0 Å². The van der Waals surface area contributed by atoms with E-state index in [-0.39, 0.29) is 11.4 Å². The lowest BCUT2D eigenvalue weighted by molar-refractivity contribution is -0.150. The van der Waals surface area contributed by atoms with E-state index in [1.165, 1.54) is 24.3 Å². The van der Waals surface area contributed by atoms with E-state index in [0.717, 1.165) is 4.31 Å². The minimum atomic E-state index is -3.90. The maximum Gasteiger partial charge on any atom is 0.324 e. The second kappa shape index (κ2) is 9.26. The van der Waals surface area contributed by atoms with Crippen LogP contribution in [0.2, 0.25) is 5.02 Å². The molecule has 2 aromatic rings. The summed E-state index contributed by atoms with van der Waals surface area (Å²) in [6.45, 7) is -0.369. The number of hydrogen-bond donors (Lipinski definition) is 1. The maximum absolute atomic E-state index is 12.9. The van der Waals surface area contributed by atoms with Crippen LogP contribution in [0.15, 0.2) is 53.4 Å². The summed E-state index contributed by atoms with van der Waals surface area (Å²) in [7, 11) is -3.90. The van der Waals surface area contributed by atoms with Crippen LogP contribution < -0.4 is 5.32 Å². The van der Waals surface area contributed by atoms with E-state index in [2.05, 4.69) is 5.32 Å². The maximum atomic E-state index is 12.9. The lowest BCUT2D eigenvalue weighted by Crippen LogP contribution is -2.42. The predicted octanol–water partition coefficient (Wildman–Crippen LogP) is 2.55. The number of nitrogens with zero attached hydrogens (tertiary/aromatic N) is 2. The molecule has 1 aliphatic rings. The Morgan fingerprint density at radius 3 is 2.47 bits per heavy atom. The fraction of sp³-hybridized carbons (Fsp3) is 0.250. The van der Waals surface area contributed by atoms with Gasteiger partial charge < -0.3 is 10.1 Å². The molecule has 0 saturated carbocycles. The Balaban J connectivity index is 1.60. The van der Waals surface area contributed by atoms with E-state index < -0.39 is 34.5 Å². The van der Waals surface area contributed by atoms with Gasteiger partial charge in [0.1, 0.15) is 6.04 Å². The molecular weight excluding hydrogens is 430 g/mol. The summed E-state index contributed by atoms with van der Waals surface area (Å²) >= 11 is 5.81. The predicted molar refractivity (Wildman–Crippen MR) is 109 cm³/mol. The van der Waals surface area contributed by atoms with E-state index in [9.17, 15) is 18.0 Å². The molecule has 1 atom stereocenters. The molecule has 0 bridgehead atoms. The number of halogens is 1. The summed E-state index contributed by atoms with van der Waals surface area (Å²) in [5.41, 5.74) is 0.894. The molecule has 0 aromatic heterocycles. The Bertz CT molecular complexity index is 1080. The van der Waals surface area contributed by atoms with Gasteiger partial charge in [-0.1, -0.05) is 11.6 Å². The first kappa shape index (κ1) is 21.8. The third kappa shape index (κ3) is 4.97. The van der Waals surface area contributed by atoms with Gasteiger partial charge in [0.2, 0.25) is 10.0 Å². The van der Waals surface area contributed by atoms with Crippen molar-refractivity contribution < 1.29 is 22.7 Å². The van der Waals surface area contributed by atoms with Gasteiger partial charge in [-0.2, -0.15) is 9.57 Å². The molecule has 30 heavy (non-hydrogen) atoms. The van der Waals surface area contributed by atoms with Crippen molar-refractivity contribution in [2.75, 3.05) is 18.5 Å². The number of sulfonamides is 1. The van der Waals surface area contributed by atoms with Gasteiger partial charge in [-0.15, -0.1) is 0 Å². The SMILES string of the molecule is N#Cc1ccc(NC(=O)COC(=O)[C@H]2CCCN2S(=O)(=O)c2ccc(Cl)cc2)cc1. The number of rotatable bonds is 6. The second-order valence-electron chi connectivity index (χ2n) is 6.57. The van der Waals surface area contributed by atoms with E-state index in [0.29, 0.717) is 29.1 Å². The largest absolute Gasteiger partial charge is 0.454 e. The molecule has 1 aliphatic heterocycles. The number of carbonyl (C=O) groups is 2. The summed E-state index contributed by atoms with van der Waals surface area (Å²) < 4.78 is 31.9. The first-order chi connectivity index (χ1) is 14.3. The third-order valence-corrected chi connectivity index (χ3v) is 6.71. The second-order valence-corrected chi connectivity index (χ2v) is 8.90. The fourth-order valence-corrected chi connectivity index (χ4v) is 4.84. The molecular formula is C20H18ClN3O5S. The molecule has 0 unspecified atom stereocenters. The first-order valence-electron chi connectivity index (χ1n) is 9.05. The van der Waals surface area contributed by atoms with Crippen LogP contribution in [0.1, 0.15) is 18.4 Å². The van der Waals surface area contributed by atoms with E-state index in [4.69, 9.17) is 21.6 Å². The third-order valence-electron chi connectivity index (χ3n) is 4.54. The Morgan fingerprint density at radius 2 is 1.83 bits per heavy atom. The molecule has 0 spiro atoms. The van der Waals surface area contributed by atoms with Crippen molar-refractivity contribution in [2.45, 2.75) is 23.8 Å². The average molecular weight is 448 g/mol. The molecule has 3 rings (SSSR count). The molecule has 156 valence electrons. The topological polar surface area (TPSA) is 117 Å². The summed E-state index contributed by atoms with van der Waals surface area (Å²) in [6.07, 6.45) is 0.812. The molecule has 2 aromatic carbocycles. The molecule has 1 amide bonds. The van der Waals surface area contributed by atoms with Crippen molar-refractivity contribution in [2.24, 2.45) is 0 Å². The molecule has 0 aliphatic carbocycles. The number of esters is 1. The van der Waals surface area contributed by atoms with Crippen LogP contribution in [-0.2, 0) is 24.3 Å². The molecule has 0 radical (unpaired) electrons. The van der Waals surface area contributed by atoms with Crippen molar-refractivity contribution in [1.82, 2.24) is 4.31 Å². The number of ether oxygens (including phenoxy) is 1. The van der Waals surface area contributed by atoms with Crippen LogP contribution in [0.25, 0.3) is 0 Å². The average Bonchev–Trinajstić information content (AvgIpc) is 3.24. The number of hydrogen-bond acceptors (Lipinski definition) is 6. The van der Waals surface area contributed by atoms with Crippen LogP contribution in [-0.4, -0.2) is 43.8 Å². The summed E-state index contributed by atoms with van der Waals surface area (Å²) in [5.74, 6) is -1.35. The van der Waals surface area contributed by atoms with E-state index in [1.54, 1.807) is 24.3 Å². The normalized spacial score (nSPS) is 16.6. The fourth-order valence-electron chi connectivity index (χ4n) is 3.06. The van der Waals surface area contributed by atoms with Crippen LogP contribution in [0, 0.1) is 11.3 Å². The van der Waals surface area contributed by atoms with Gasteiger partial charge in [0.25, 0.3) is 5.91 Å². The Kier molecular flexibility index (Phi) is 6.72. The van der Waals surface area contributed by atoms with Crippen molar-refractivity contribution in [3.8, 4) is 6.07 Å². The highest BCUT2D eigenvalue weighted by Crippen LogP contribution is 2.27. The van der Waals surface area contributed by atoms with Gasteiger partial charge >= 0.3 is 5.97 Å². The van der Waals surface area contributed by atoms with Crippen LogP contribution in [0.3, 0.4) is 0 Å². The first-order valence-corrected chi connectivity index (χ1v) is 10.9. The quantitative estimate of drug-likeness (QED) is 0.680. The highest BCUT2D eigenvalue weighted by Gasteiger charge is 2.40. The van der Waals surface area contributed by atoms with E-state index in [1.807, 2.05) is 6.07 Å². The molecule has 10 heteroatoms. The van der Waals surface area contributed by atoms with Gasteiger partial charge in [0, 0.05) is 17.3 Å². The minimum absolute atomic E-state index is 0.0326. The molecule has 1 heterocycles. The monoisotopic (exact) mass is 447 g/mol. The molecule has 1 saturated heterocycles. The van der Waals surface area contributed by atoms with Gasteiger partial charge in [-0.05, 0) is 61.4 Å². The highest BCUT2D eigenvalue weighted by molar-refractivity contribution is 7.89. The number of anilines is 1. The standard InChI is InChI=1S/C20H18ClN3O5S/c21-15-5-9-17(10-6-15)30(27,28)24-11-1-2-18(24)20(26)29-13-19(25)23-16-7-3-14(12-22)4-8-16/h3-10,18H,1-2,11,13H2,(H,23,25)/t18-/m1/s1. The van der Waals surface area contributed by atoms with Crippen molar-refractivity contribution in [3.05, 3.63) is 59.1 Å². The lowest BCUT2D eigenvalue weighted by Gasteiger charge is -2.22. The zero-order valence-corrected chi connectivity index (χ0v) is 17.3. The van der Waals surface area contributed by atoms with E-state index >= 15 is 0 Å². The summed E-state index contributed by atoms with van der Waals surface area (Å²) in [5, 5.41) is 11.7. The summed E-state index contributed by atoms with van der Waals surface area (Å²) in [6, 6.07) is 12.8. The Labute approximate surface area is 179 Å². The van der Waals surface area contributed by atoms with Gasteiger partial charge in [0.15, 0.2) is 6.61 Å². The van der Waals surface area contributed by atoms with Crippen LogP contribution >= 0.6 is 11.6 Å². The van der Waals surface area contributed by atoms with Crippen LogP contribution in [0.4, 0.5) is 5.69 Å². The van der Waals surface area contributed by atoms with Crippen molar-refractivity contribution >= 4 is 39.2 Å². The number of carbonyl (C=O) groups excluding carboxylic acids is 2. The Morgan fingerprint density at radius 1 is 1.17 bits per heavy atom. The minimum Gasteiger partial charge on any atom is -0.454 e. The Hall–Kier alpha value is -2.93. The molecule has 1 fully saturated rings. The number of amides is 1. The lowest BCUT2D eigenvalue weighted by atomic mass is 10.2. The number of benzene rings is 2. The number of nitriles is 1. The van der Waals surface area contributed by atoms with Gasteiger partial charge in [0.05, 0.1) is 16.5 Å².